The first kappa shape index (κ1) is 16.7. The molecule has 0 aromatic carbocycles. The third kappa shape index (κ3) is 2.68. The number of hydrogen-bond donors (Lipinski definition) is 2. The van der Waals surface area contributed by atoms with E-state index in [-0.39, 0.29) is 5.44 Å². The van der Waals surface area contributed by atoms with Crippen LogP contribution in [0.25, 0.3) is 10.4 Å². The second-order valence-electron chi connectivity index (χ2n) is 5.86. The van der Waals surface area contributed by atoms with Crippen LogP contribution >= 0.6 is 34.9 Å². The first-order valence-corrected chi connectivity index (χ1v) is 9.61. The fraction of sp³-hybridized carbons (Fsp3) is 0.312. The second kappa shape index (κ2) is 6.18. The zero-order chi connectivity index (χ0) is 17.6. The number of halogens is 1. The van der Waals surface area contributed by atoms with E-state index in [1.54, 1.807) is 27.9 Å². The molecule has 2 unspecified atom stereocenters. The van der Waals surface area contributed by atoms with Crippen LogP contribution in [-0.2, 0) is 10.3 Å². The van der Waals surface area contributed by atoms with Gasteiger partial charge in [-0.25, -0.2) is 0 Å². The number of aromatic nitrogens is 1. The Kier molecular flexibility index (Phi) is 4.12. The largest absolute Gasteiger partial charge is 0.363 e. The normalized spacial score (nSPS) is 25.4. The second-order valence-corrected chi connectivity index (χ2v) is 8.51. The van der Waals surface area contributed by atoms with Crippen molar-refractivity contribution in [2.45, 2.75) is 17.4 Å². The molecule has 0 spiro atoms. The van der Waals surface area contributed by atoms with E-state index in [1.807, 2.05) is 13.1 Å². The zero-order valence-corrected chi connectivity index (χ0v) is 15.6. The molecule has 25 heavy (non-hydrogen) atoms. The lowest BCUT2D eigenvalue weighted by molar-refractivity contribution is 0.138. The molecule has 2 aromatic rings. The number of ether oxygens (including phenoxy) is 1. The van der Waals surface area contributed by atoms with Crippen LogP contribution in [0.1, 0.15) is 16.9 Å². The number of fused-ring (bicyclic) bond motifs is 1. The van der Waals surface area contributed by atoms with Gasteiger partial charge in [0.2, 0.25) is 5.96 Å². The molecule has 2 aromatic heterocycles. The standard InChI is InChI=1S/C16H14ClN5OS2/c1-22-15(19)21-16(2-3-23-14(16)25-22)13-11(17)5-12(24-13)10-4-9(6-18)7-20-8-10/h4-5,7-8,14H,2-3H2,1H3,(H2,19,21). The molecule has 0 saturated carbocycles. The van der Waals surface area contributed by atoms with E-state index in [4.69, 9.17) is 27.0 Å². The number of hydrogen-bond acceptors (Lipinski definition) is 6. The summed E-state index contributed by atoms with van der Waals surface area (Å²) in [7, 11) is 1.84. The molecule has 128 valence electrons. The van der Waals surface area contributed by atoms with Crippen LogP contribution in [0.2, 0.25) is 5.02 Å². The number of thiophene rings is 1. The van der Waals surface area contributed by atoms with Gasteiger partial charge in [-0.3, -0.25) is 14.7 Å². The highest BCUT2D eigenvalue weighted by atomic mass is 35.5. The summed E-state index contributed by atoms with van der Waals surface area (Å²) in [6.45, 7) is 0.612. The van der Waals surface area contributed by atoms with Crippen molar-refractivity contribution in [2.75, 3.05) is 13.7 Å². The highest BCUT2D eigenvalue weighted by molar-refractivity contribution is 7.98. The Bertz CT molecular complexity index is 895. The van der Waals surface area contributed by atoms with E-state index in [9.17, 15) is 0 Å². The van der Waals surface area contributed by atoms with Gasteiger partial charge in [0.25, 0.3) is 0 Å². The van der Waals surface area contributed by atoms with Crippen molar-refractivity contribution in [1.82, 2.24) is 14.6 Å². The van der Waals surface area contributed by atoms with Gasteiger partial charge in [0, 0.05) is 36.3 Å². The van der Waals surface area contributed by atoms with E-state index in [2.05, 4.69) is 16.4 Å². The van der Waals surface area contributed by atoms with Crippen LogP contribution in [0.5, 0.6) is 0 Å². The number of nitriles is 1. The van der Waals surface area contributed by atoms with Gasteiger partial charge in [-0.05, 0) is 24.1 Å². The van der Waals surface area contributed by atoms with Gasteiger partial charge in [-0.2, -0.15) is 5.26 Å². The fourth-order valence-corrected chi connectivity index (χ4v) is 5.87. The first-order valence-electron chi connectivity index (χ1n) is 7.57. The number of nitrogens with zero attached hydrogens (tertiary/aromatic N) is 3. The molecular formula is C16H14ClN5OS2. The predicted octanol–water partition coefficient (Wildman–Crippen LogP) is 3.39. The van der Waals surface area contributed by atoms with Crippen molar-refractivity contribution >= 4 is 40.8 Å². The van der Waals surface area contributed by atoms with Crippen molar-refractivity contribution in [1.29, 1.82) is 10.7 Å². The van der Waals surface area contributed by atoms with Crippen LogP contribution in [0, 0.1) is 16.7 Å². The minimum atomic E-state index is -0.505. The van der Waals surface area contributed by atoms with Crippen molar-refractivity contribution in [3.63, 3.8) is 0 Å². The van der Waals surface area contributed by atoms with Crippen LogP contribution in [0.15, 0.2) is 24.5 Å². The van der Waals surface area contributed by atoms with Crippen LogP contribution in [0.4, 0.5) is 0 Å². The minimum Gasteiger partial charge on any atom is -0.363 e. The Hall–Kier alpha value is -1.79. The Balaban J connectivity index is 1.77. The molecule has 0 radical (unpaired) electrons. The lowest BCUT2D eigenvalue weighted by atomic mass is 9.96. The molecule has 4 heterocycles. The van der Waals surface area contributed by atoms with Gasteiger partial charge < -0.3 is 10.1 Å². The van der Waals surface area contributed by atoms with Gasteiger partial charge in [-0.1, -0.05) is 11.6 Å². The average molecular weight is 392 g/mol. The molecule has 9 heteroatoms. The number of nitrogens with one attached hydrogen (secondary N) is 2. The van der Waals surface area contributed by atoms with E-state index >= 15 is 0 Å². The van der Waals surface area contributed by atoms with Gasteiger partial charge in [0.1, 0.15) is 11.6 Å². The summed E-state index contributed by atoms with van der Waals surface area (Å²) >= 11 is 9.64. The first-order chi connectivity index (χ1) is 12.0. The monoisotopic (exact) mass is 391 g/mol. The minimum absolute atomic E-state index is 0.140. The molecule has 2 N–H and O–H groups in total. The number of pyridine rings is 1. The smallest absolute Gasteiger partial charge is 0.201 e. The molecule has 2 fully saturated rings. The molecule has 0 aliphatic carbocycles. The summed E-state index contributed by atoms with van der Waals surface area (Å²) in [6.07, 6.45) is 4.01. The average Bonchev–Trinajstić information content (AvgIpc) is 3.19. The molecular weight excluding hydrogens is 378 g/mol. The molecule has 4 rings (SSSR count). The molecule has 0 bridgehead atoms. The third-order valence-electron chi connectivity index (χ3n) is 4.32. The fourth-order valence-electron chi connectivity index (χ4n) is 3.04. The molecule has 0 amide bonds. The van der Waals surface area contributed by atoms with Gasteiger partial charge in [0.05, 0.1) is 22.1 Å². The molecule has 2 aliphatic rings. The van der Waals surface area contributed by atoms with Crippen LogP contribution in [0.3, 0.4) is 0 Å². The summed E-state index contributed by atoms with van der Waals surface area (Å²) < 4.78 is 7.66. The van der Waals surface area contributed by atoms with Gasteiger partial charge in [0.15, 0.2) is 5.44 Å². The maximum atomic E-state index is 9.08. The summed E-state index contributed by atoms with van der Waals surface area (Å²) in [6, 6.07) is 5.81. The third-order valence-corrected chi connectivity index (χ3v) is 7.32. The zero-order valence-electron chi connectivity index (χ0n) is 13.2. The van der Waals surface area contributed by atoms with E-state index in [0.717, 1.165) is 21.7 Å². The van der Waals surface area contributed by atoms with E-state index in [1.165, 1.54) is 18.1 Å². The quantitative estimate of drug-likeness (QED) is 0.763. The van der Waals surface area contributed by atoms with E-state index in [0.29, 0.717) is 23.2 Å². The summed E-state index contributed by atoms with van der Waals surface area (Å²) in [5, 5.41) is 21.2. The Morgan fingerprint density at radius 2 is 2.36 bits per heavy atom. The van der Waals surface area contributed by atoms with Crippen molar-refractivity contribution in [3.05, 3.63) is 40.0 Å². The summed E-state index contributed by atoms with van der Waals surface area (Å²) in [5.74, 6) is 0.339. The van der Waals surface area contributed by atoms with Crippen LogP contribution in [-0.4, -0.2) is 34.3 Å². The van der Waals surface area contributed by atoms with Crippen molar-refractivity contribution in [2.24, 2.45) is 0 Å². The summed E-state index contributed by atoms with van der Waals surface area (Å²) in [4.78, 5) is 6.03. The number of rotatable bonds is 2. The maximum Gasteiger partial charge on any atom is 0.201 e. The van der Waals surface area contributed by atoms with E-state index < -0.39 is 5.54 Å². The molecule has 2 atom stereocenters. The summed E-state index contributed by atoms with van der Waals surface area (Å²) in [5.41, 5.74) is 0.728. The maximum absolute atomic E-state index is 9.08. The topological polar surface area (TPSA) is 85.0 Å². The van der Waals surface area contributed by atoms with Gasteiger partial charge >= 0.3 is 0 Å². The lowest BCUT2D eigenvalue weighted by Crippen LogP contribution is -2.57. The Morgan fingerprint density at radius 1 is 1.52 bits per heavy atom. The van der Waals surface area contributed by atoms with Crippen molar-refractivity contribution in [3.8, 4) is 16.5 Å². The van der Waals surface area contributed by atoms with Crippen LogP contribution < -0.4 is 5.32 Å². The molecule has 2 aliphatic heterocycles. The number of guanidine groups is 1. The predicted molar refractivity (Wildman–Crippen MR) is 99.5 cm³/mol. The Morgan fingerprint density at radius 3 is 3.16 bits per heavy atom. The highest BCUT2D eigenvalue weighted by Crippen LogP contribution is 2.51. The highest BCUT2D eigenvalue weighted by Gasteiger charge is 2.52. The van der Waals surface area contributed by atoms with Gasteiger partial charge in [-0.15, -0.1) is 11.3 Å². The van der Waals surface area contributed by atoms with Crippen molar-refractivity contribution < 1.29 is 4.74 Å². The SMILES string of the molecule is CN1SC2OCCC2(c2sc(-c3cncc(C#N)c3)cc2Cl)NC1=N. The Labute approximate surface area is 158 Å². The lowest BCUT2D eigenvalue weighted by Gasteiger charge is -2.42. The molecule has 6 nitrogen and oxygen atoms in total. The molecule has 2 saturated heterocycles.